The zero-order chi connectivity index (χ0) is 28.9. The van der Waals surface area contributed by atoms with Crippen LogP contribution in [0.4, 0.5) is 5.69 Å². The van der Waals surface area contributed by atoms with Crippen molar-refractivity contribution in [3.8, 4) is 0 Å². The summed E-state index contributed by atoms with van der Waals surface area (Å²) in [4.78, 5) is 28.7. The summed E-state index contributed by atoms with van der Waals surface area (Å²) in [5, 5.41) is 3.75. The van der Waals surface area contributed by atoms with E-state index in [0.29, 0.717) is 21.3 Å². The highest BCUT2D eigenvalue weighted by atomic mass is 127. The average molecular weight is 714 g/mol. The first-order valence-corrected chi connectivity index (χ1v) is 16.2. The van der Waals surface area contributed by atoms with E-state index in [1.54, 1.807) is 67.6 Å². The molecule has 1 fully saturated rings. The quantitative estimate of drug-likeness (QED) is 0.251. The van der Waals surface area contributed by atoms with E-state index >= 15 is 0 Å². The van der Waals surface area contributed by atoms with Crippen molar-refractivity contribution in [3.63, 3.8) is 0 Å². The topological polar surface area (TPSA) is 86.8 Å². The number of amides is 2. The lowest BCUT2D eigenvalue weighted by molar-refractivity contribution is -0.139. The molecule has 1 unspecified atom stereocenters. The lowest BCUT2D eigenvalue weighted by Gasteiger charge is -2.32. The highest BCUT2D eigenvalue weighted by molar-refractivity contribution is 14.1. The van der Waals surface area contributed by atoms with Crippen molar-refractivity contribution in [2.45, 2.75) is 56.1 Å². The van der Waals surface area contributed by atoms with Crippen LogP contribution < -0.4 is 9.62 Å². The van der Waals surface area contributed by atoms with Crippen molar-refractivity contribution in [3.05, 3.63) is 92.0 Å². The number of nitrogens with zero attached hydrogens (tertiary/aromatic N) is 2. The third-order valence-corrected chi connectivity index (χ3v) is 10.2. The number of sulfonamides is 1. The van der Waals surface area contributed by atoms with E-state index < -0.39 is 28.5 Å². The molecule has 1 N–H and O–H groups in total. The van der Waals surface area contributed by atoms with Gasteiger partial charge in [0, 0.05) is 16.2 Å². The SMILES string of the molecule is CC(C(=O)NC1CCCC1)N(Cc1ccc(Cl)c(Cl)c1)C(=O)CN(c1ccc(I)cc1)S(=O)(=O)c1ccccc1. The smallest absolute Gasteiger partial charge is 0.264 e. The predicted octanol–water partition coefficient (Wildman–Crippen LogP) is 6.27. The summed E-state index contributed by atoms with van der Waals surface area (Å²) in [6.07, 6.45) is 3.89. The van der Waals surface area contributed by atoms with E-state index in [9.17, 15) is 18.0 Å². The fourth-order valence-corrected chi connectivity index (χ4v) is 6.78. The summed E-state index contributed by atoms with van der Waals surface area (Å²) in [5.74, 6) is -0.815. The largest absolute Gasteiger partial charge is 0.352 e. The normalized spacial score (nSPS) is 14.5. The van der Waals surface area contributed by atoms with Gasteiger partial charge in [-0.1, -0.05) is 60.3 Å². The molecule has 0 saturated heterocycles. The number of anilines is 1. The molecule has 212 valence electrons. The molecule has 2 amide bonds. The van der Waals surface area contributed by atoms with Crippen molar-refractivity contribution < 1.29 is 18.0 Å². The summed E-state index contributed by atoms with van der Waals surface area (Å²) in [6, 6.07) is 19.1. The lowest BCUT2D eigenvalue weighted by atomic mass is 10.1. The Labute approximate surface area is 259 Å². The second-order valence-corrected chi connectivity index (χ2v) is 13.7. The number of carbonyl (C=O) groups excluding carboxylic acids is 2. The minimum absolute atomic E-state index is 0.0425. The Bertz CT molecular complexity index is 1450. The van der Waals surface area contributed by atoms with Crippen molar-refractivity contribution >= 4 is 73.3 Å². The second-order valence-electron chi connectivity index (χ2n) is 9.74. The van der Waals surface area contributed by atoms with Crippen LogP contribution in [0.15, 0.2) is 77.7 Å². The monoisotopic (exact) mass is 713 g/mol. The first kappa shape index (κ1) is 30.6. The second kappa shape index (κ2) is 13.5. The van der Waals surface area contributed by atoms with E-state index in [-0.39, 0.29) is 23.4 Å². The van der Waals surface area contributed by atoms with Crippen LogP contribution >= 0.6 is 45.8 Å². The Kier molecular flexibility index (Phi) is 10.4. The highest BCUT2D eigenvalue weighted by Gasteiger charge is 2.33. The first-order chi connectivity index (χ1) is 19.1. The van der Waals surface area contributed by atoms with Crippen LogP contribution in [0.1, 0.15) is 38.2 Å². The molecule has 4 rings (SSSR count). The number of rotatable bonds is 10. The van der Waals surface area contributed by atoms with E-state index in [1.807, 2.05) is 0 Å². The van der Waals surface area contributed by atoms with Crippen LogP contribution in [0.25, 0.3) is 0 Å². The van der Waals surface area contributed by atoms with Crippen LogP contribution in [-0.2, 0) is 26.2 Å². The van der Waals surface area contributed by atoms with Crippen molar-refractivity contribution in [2.75, 3.05) is 10.8 Å². The molecule has 1 saturated carbocycles. The number of hydrogen-bond donors (Lipinski definition) is 1. The van der Waals surface area contributed by atoms with Crippen LogP contribution in [0.2, 0.25) is 10.0 Å². The Balaban J connectivity index is 1.68. The minimum atomic E-state index is -4.10. The highest BCUT2D eigenvalue weighted by Crippen LogP contribution is 2.27. The zero-order valence-electron chi connectivity index (χ0n) is 21.9. The maximum absolute atomic E-state index is 14.0. The van der Waals surface area contributed by atoms with Gasteiger partial charge in [-0.3, -0.25) is 13.9 Å². The van der Waals surface area contributed by atoms with Gasteiger partial charge in [-0.15, -0.1) is 0 Å². The predicted molar refractivity (Wildman–Crippen MR) is 167 cm³/mol. The lowest BCUT2D eigenvalue weighted by Crippen LogP contribution is -2.52. The fraction of sp³-hybridized carbons (Fsp3) is 0.310. The molecule has 7 nitrogen and oxygen atoms in total. The summed E-state index contributed by atoms with van der Waals surface area (Å²) in [5.41, 5.74) is 1.00. The molecule has 0 spiro atoms. The summed E-state index contributed by atoms with van der Waals surface area (Å²) < 4.78 is 29.6. The molecule has 3 aromatic carbocycles. The average Bonchev–Trinajstić information content (AvgIpc) is 3.46. The van der Waals surface area contributed by atoms with Crippen molar-refractivity contribution in [2.24, 2.45) is 0 Å². The maximum atomic E-state index is 14.0. The molecule has 0 aromatic heterocycles. The number of nitrogens with one attached hydrogen (secondary N) is 1. The molecular formula is C29H30Cl2IN3O4S. The molecule has 3 aromatic rings. The van der Waals surface area contributed by atoms with Gasteiger partial charge in [0.1, 0.15) is 12.6 Å². The van der Waals surface area contributed by atoms with Crippen LogP contribution in [0, 0.1) is 3.57 Å². The summed E-state index contributed by atoms with van der Waals surface area (Å²) in [7, 11) is -4.10. The van der Waals surface area contributed by atoms with Crippen LogP contribution in [0.3, 0.4) is 0 Å². The molecule has 0 bridgehead atoms. The van der Waals surface area contributed by atoms with Gasteiger partial charge in [0.25, 0.3) is 10.0 Å². The fourth-order valence-electron chi connectivity index (χ4n) is 4.67. The molecule has 1 aliphatic rings. The Hall–Kier alpha value is -2.34. The Morgan fingerprint density at radius 2 is 1.62 bits per heavy atom. The van der Waals surface area contributed by atoms with Gasteiger partial charge in [-0.2, -0.15) is 0 Å². The third kappa shape index (κ3) is 7.48. The Morgan fingerprint density at radius 3 is 2.25 bits per heavy atom. The van der Waals surface area contributed by atoms with E-state index in [0.717, 1.165) is 33.6 Å². The van der Waals surface area contributed by atoms with Gasteiger partial charge in [-0.05, 0) is 96.5 Å². The molecular weight excluding hydrogens is 684 g/mol. The first-order valence-electron chi connectivity index (χ1n) is 12.9. The van der Waals surface area contributed by atoms with Crippen LogP contribution in [0.5, 0.6) is 0 Å². The van der Waals surface area contributed by atoms with Crippen LogP contribution in [-0.4, -0.2) is 43.8 Å². The molecule has 0 radical (unpaired) electrons. The summed E-state index contributed by atoms with van der Waals surface area (Å²) in [6.45, 7) is 1.20. The van der Waals surface area contributed by atoms with E-state index in [1.165, 1.54) is 17.0 Å². The summed E-state index contributed by atoms with van der Waals surface area (Å²) >= 11 is 14.5. The van der Waals surface area contributed by atoms with Gasteiger partial charge in [-0.25, -0.2) is 8.42 Å². The minimum Gasteiger partial charge on any atom is -0.352 e. The standard InChI is InChI=1S/C29H30Cl2IN3O4S/c1-20(29(37)33-23-7-5-6-8-23)34(18-21-11-16-26(30)27(31)17-21)28(36)19-35(24-14-12-22(32)13-15-24)40(38,39)25-9-3-2-4-10-25/h2-4,9-17,20,23H,5-8,18-19H2,1H3,(H,33,37). The number of benzene rings is 3. The molecule has 11 heteroatoms. The molecule has 1 aliphatic carbocycles. The molecule has 0 aliphatic heterocycles. The van der Waals surface area contributed by atoms with Crippen molar-refractivity contribution in [1.82, 2.24) is 10.2 Å². The zero-order valence-corrected chi connectivity index (χ0v) is 26.4. The van der Waals surface area contributed by atoms with Gasteiger partial charge < -0.3 is 10.2 Å². The van der Waals surface area contributed by atoms with Gasteiger partial charge in [0.15, 0.2) is 0 Å². The van der Waals surface area contributed by atoms with Gasteiger partial charge in [0.2, 0.25) is 11.8 Å². The number of hydrogen-bond acceptors (Lipinski definition) is 4. The third-order valence-electron chi connectivity index (χ3n) is 6.93. The molecule has 40 heavy (non-hydrogen) atoms. The van der Waals surface area contributed by atoms with Gasteiger partial charge >= 0.3 is 0 Å². The van der Waals surface area contributed by atoms with E-state index in [4.69, 9.17) is 23.2 Å². The number of halogens is 3. The number of carbonyl (C=O) groups is 2. The molecule has 0 heterocycles. The Morgan fingerprint density at radius 1 is 0.975 bits per heavy atom. The maximum Gasteiger partial charge on any atom is 0.264 e. The van der Waals surface area contributed by atoms with E-state index in [2.05, 4.69) is 27.9 Å². The molecule has 1 atom stereocenters. The van der Waals surface area contributed by atoms with Crippen molar-refractivity contribution in [1.29, 1.82) is 0 Å². The van der Waals surface area contributed by atoms with Gasteiger partial charge in [0.05, 0.1) is 20.6 Å².